The first-order chi connectivity index (χ1) is 5.04. The molecule has 0 saturated heterocycles. The minimum atomic E-state index is -4.26. The van der Waals surface area contributed by atoms with Crippen molar-refractivity contribution in [1.29, 1.82) is 0 Å². The Kier molecular flexibility index (Phi) is 1.89. The predicted molar refractivity (Wildman–Crippen MR) is 31.7 cm³/mol. The summed E-state index contributed by atoms with van der Waals surface area (Å²) in [7, 11) is 0. The third-order valence-corrected chi connectivity index (χ3v) is 1.44. The fraction of sp³-hybridized carbons (Fsp3) is 0.500. The third-order valence-electron chi connectivity index (χ3n) is 1.44. The molecule has 2 nitrogen and oxygen atoms in total. The first-order valence-electron chi connectivity index (χ1n) is 3.02. The van der Waals surface area contributed by atoms with Gasteiger partial charge in [-0.15, -0.1) is 0 Å². The largest absolute Gasteiger partial charge is 0.408 e. The Hall–Kier alpha value is -1.00. The Morgan fingerprint density at radius 2 is 2.27 bits per heavy atom. The molecule has 1 rings (SSSR count). The highest BCUT2D eigenvalue weighted by atomic mass is 19.4. The van der Waals surface area contributed by atoms with E-state index in [4.69, 9.17) is 0 Å². The molecule has 0 aromatic heterocycles. The Labute approximate surface area is 61.1 Å². The number of carbonyl (C=O) groups is 1. The van der Waals surface area contributed by atoms with Crippen molar-refractivity contribution in [2.24, 2.45) is 0 Å². The molecule has 0 spiro atoms. The lowest BCUT2D eigenvalue weighted by atomic mass is 10.2. The standard InChI is InChI=1S/C6H6F3NO/c7-6(8,9)5-2-1-4(3-11)10-5/h1,3,5,10H,2H2. The van der Waals surface area contributed by atoms with E-state index in [1.807, 2.05) is 5.32 Å². The summed E-state index contributed by atoms with van der Waals surface area (Å²) in [5, 5.41) is 2.05. The van der Waals surface area contributed by atoms with E-state index in [1.165, 1.54) is 6.08 Å². The number of hydrogen-bond donors (Lipinski definition) is 1. The van der Waals surface area contributed by atoms with Gasteiger partial charge in [0, 0.05) is 0 Å². The van der Waals surface area contributed by atoms with Crippen LogP contribution < -0.4 is 5.32 Å². The number of carbonyl (C=O) groups excluding carboxylic acids is 1. The van der Waals surface area contributed by atoms with Gasteiger partial charge in [-0.3, -0.25) is 4.79 Å². The van der Waals surface area contributed by atoms with Crippen molar-refractivity contribution in [2.75, 3.05) is 0 Å². The second-order valence-electron chi connectivity index (χ2n) is 2.25. The minimum absolute atomic E-state index is 0.0207. The Bertz CT molecular complexity index is 196. The first-order valence-corrected chi connectivity index (χ1v) is 3.02. The van der Waals surface area contributed by atoms with Crippen molar-refractivity contribution in [3.63, 3.8) is 0 Å². The van der Waals surface area contributed by atoms with Gasteiger partial charge in [-0.05, 0) is 6.42 Å². The number of aldehydes is 1. The molecule has 1 heterocycles. The quantitative estimate of drug-likeness (QED) is 0.587. The van der Waals surface area contributed by atoms with Gasteiger partial charge in [-0.2, -0.15) is 13.2 Å². The fourth-order valence-corrected chi connectivity index (χ4v) is 0.861. The highest BCUT2D eigenvalue weighted by Gasteiger charge is 2.41. The van der Waals surface area contributed by atoms with Crippen LogP contribution in [0, 0.1) is 0 Å². The molecule has 11 heavy (non-hydrogen) atoms. The molecule has 1 unspecified atom stereocenters. The van der Waals surface area contributed by atoms with E-state index in [0.29, 0.717) is 6.29 Å². The van der Waals surface area contributed by atoms with Crippen molar-refractivity contribution < 1.29 is 18.0 Å². The predicted octanol–water partition coefficient (Wildman–Crippen LogP) is 0.993. The van der Waals surface area contributed by atoms with Crippen molar-refractivity contribution in [3.05, 3.63) is 11.8 Å². The summed E-state index contributed by atoms with van der Waals surface area (Å²) < 4.78 is 35.6. The van der Waals surface area contributed by atoms with E-state index < -0.39 is 12.2 Å². The van der Waals surface area contributed by atoms with Crippen molar-refractivity contribution in [1.82, 2.24) is 5.32 Å². The average molecular weight is 165 g/mol. The molecule has 1 atom stereocenters. The summed E-state index contributed by atoms with van der Waals surface area (Å²) in [6.45, 7) is 0. The lowest BCUT2D eigenvalue weighted by Crippen LogP contribution is -2.37. The van der Waals surface area contributed by atoms with Crippen LogP contribution in [0.15, 0.2) is 11.8 Å². The maximum atomic E-state index is 11.9. The number of rotatable bonds is 1. The lowest BCUT2D eigenvalue weighted by molar-refractivity contribution is -0.151. The summed E-state index contributed by atoms with van der Waals surface area (Å²) in [6.07, 6.45) is -2.80. The summed E-state index contributed by atoms with van der Waals surface area (Å²) in [5.74, 6) is 0. The van der Waals surface area contributed by atoms with Gasteiger partial charge in [0.05, 0.1) is 5.70 Å². The van der Waals surface area contributed by atoms with E-state index >= 15 is 0 Å². The maximum absolute atomic E-state index is 11.9. The van der Waals surface area contributed by atoms with Crippen LogP contribution >= 0.6 is 0 Å². The normalized spacial score (nSPS) is 24.3. The van der Waals surface area contributed by atoms with Gasteiger partial charge in [0.15, 0.2) is 6.29 Å². The van der Waals surface area contributed by atoms with E-state index in [9.17, 15) is 18.0 Å². The van der Waals surface area contributed by atoms with Crippen LogP contribution in [-0.4, -0.2) is 18.5 Å². The van der Waals surface area contributed by atoms with E-state index in [2.05, 4.69) is 0 Å². The van der Waals surface area contributed by atoms with E-state index in [0.717, 1.165) is 0 Å². The molecule has 62 valence electrons. The molecular formula is C6H6F3NO. The van der Waals surface area contributed by atoms with E-state index in [1.54, 1.807) is 0 Å². The number of alkyl halides is 3. The summed E-state index contributed by atoms with van der Waals surface area (Å²) in [5.41, 5.74) is 0.0207. The summed E-state index contributed by atoms with van der Waals surface area (Å²) in [4.78, 5) is 9.98. The molecule has 0 saturated carbocycles. The second kappa shape index (κ2) is 2.56. The van der Waals surface area contributed by atoms with Gasteiger partial charge in [0.25, 0.3) is 0 Å². The molecule has 1 aliphatic rings. The van der Waals surface area contributed by atoms with Crippen LogP contribution in [0.3, 0.4) is 0 Å². The van der Waals surface area contributed by atoms with Crippen LogP contribution in [0.1, 0.15) is 6.42 Å². The number of nitrogens with one attached hydrogen (secondary N) is 1. The highest BCUT2D eigenvalue weighted by molar-refractivity contribution is 5.73. The SMILES string of the molecule is O=CC1=CCC(C(F)(F)F)N1. The molecule has 0 amide bonds. The molecule has 1 aliphatic heterocycles. The summed E-state index contributed by atoms with van der Waals surface area (Å²) in [6, 6.07) is -1.58. The molecular weight excluding hydrogens is 159 g/mol. The molecule has 0 aliphatic carbocycles. The molecule has 0 fully saturated rings. The number of hydrogen-bond acceptors (Lipinski definition) is 2. The van der Waals surface area contributed by atoms with Crippen LogP contribution in [0.2, 0.25) is 0 Å². The summed E-state index contributed by atoms with van der Waals surface area (Å²) >= 11 is 0. The Morgan fingerprint density at radius 3 is 2.55 bits per heavy atom. The zero-order valence-corrected chi connectivity index (χ0v) is 5.48. The third kappa shape index (κ3) is 1.72. The maximum Gasteiger partial charge on any atom is 0.408 e. The Morgan fingerprint density at radius 1 is 1.64 bits per heavy atom. The van der Waals surface area contributed by atoms with E-state index in [-0.39, 0.29) is 12.1 Å². The van der Waals surface area contributed by atoms with Crippen LogP contribution in [0.25, 0.3) is 0 Å². The molecule has 1 N–H and O–H groups in total. The van der Waals surface area contributed by atoms with Gasteiger partial charge in [0.1, 0.15) is 6.04 Å². The zero-order valence-electron chi connectivity index (χ0n) is 5.48. The number of allylic oxidation sites excluding steroid dienone is 1. The highest BCUT2D eigenvalue weighted by Crippen LogP contribution is 2.26. The van der Waals surface area contributed by atoms with Crippen LogP contribution in [0.5, 0.6) is 0 Å². The van der Waals surface area contributed by atoms with Crippen LogP contribution in [0.4, 0.5) is 13.2 Å². The number of halogens is 3. The molecule has 0 bridgehead atoms. The van der Waals surface area contributed by atoms with Gasteiger partial charge in [0.2, 0.25) is 0 Å². The fourth-order valence-electron chi connectivity index (χ4n) is 0.861. The molecule has 5 heteroatoms. The van der Waals surface area contributed by atoms with Gasteiger partial charge in [-0.25, -0.2) is 0 Å². The van der Waals surface area contributed by atoms with Gasteiger partial charge in [-0.1, -0.05) is 6.08 Å². The van der Waals surface area contributed by atoms with Crippen molar-refractivity contribution in [3.8, 4) is 0 Å². The molecule has 0 radical (unpaired) electrons. The minimum Gasteiger partial charge on any atom is -0.371 e. The molecule has 0 aromatic carbocycles. The molecule has 0 aromatic rings. The van der Waals surface area contributed by atoms with Gasteiger partial charge < -0.3 is 5.32 Å². The van der Waals surface area contributed by atoms with Gasteiger partial charge >= 0.3 is 6.18 Å². The van der Waals surface area contributed by atoms with Crippen LogP contribution in [-0.2, 0) is 4.79 Å². The lowest BCUT2D eigenvalue weighted by Gasteiger charge is -2.15. The van der Waals surface area contributed by atoms with Crippen molar-refractivity contribution >= 4 is 6.29 Å². The topological polar surface area (TPSA) is 29.1 Å². The first kappa shape index (κ1) is 8.10. The second-order valence-corrected chi connectivity index (χ2v) is 2.25. The van der Waals surface area contributed by atoms with Crippen molar-refractivity contribution in [2.45, 2.75) is 18.6 Å². The monoisotopic (exact) mass is 165 g/mol. The zero-order chi connectivity index (χ0) is 8.48. The Balaban J connectivity index is 2.54. The smallest absolute Gasteiger partial charge is 0.371 e. The average Bonchev–Trinajstić information content (AvgIpc) is 2.32.